The fraction of sp³-hybridized carbons (Fsp3) is 0.0769. The van der Waals surface area contributed by atoms with Gasteiger partial charge in [-0.2, -0.15) is 0 Å². The Hall–Kier alpha value is -2.16. The average molecular weight is 211 g/mol. The van der Waals surface area contributed by atoms with E-state index in [1.807, 2.05) is 36.4 Å². The van der Waals surface area contributed by atoms with Crippen LogP contribution in [0, 0.1) is 0 Å². The third-order valence-electron chi connectivity index (χ3n) is 2.82. The molecular weight excluding hydrogens is 202 g/mol. The normalized spacial score (nSPS) is 14.8. The van der Waals surface area contributed by atoms with Crippen LogP contribution in [0.3, 0.4) is 0 Å². The lowest BCUT2D eigenvalue weighted by atomic mass is 9.96. The molecule has 0 spiro atoms. The number of fused-ring (bicyclic) bond motifs is 2. The second-order valence-electron chi connectivity index (χ2n) is 3.91. The fourth-order valence-electron chi connectivity index (χ4n) is 2.06. The summed E-state index contributed by atoms with van der Waals surface area (Å²) in [6, 6.07) is 11.6. The van der Waals surface area contributed by atoms with E-state index in [4.69, 9.17) is 0 Å². The SMILES string of the molecule is O=C1Cc2cc3ccccc3cc2C(=O)N1. The third kappa shape index (κ3) is 1.29. The number of hydrogen-bond acceptors (Lipinski definition) is 2. The predicted molar refractivity (Wildman–Crippen MR) is 60.1 cm³/mol. The molecule has 1 N–H and O–H groups in total. The molecule has 2 aromatic carbocycles. The molecule has 0 saturated carbocycles. The van der Waals surface area contributed by atoms with Gasteiger partial charge in [-0.25, -0.2) is 0 Å². The van der Waals surface area contributed by atoms with Crippen LogP contribution in [0.5, 0.6) is 0 Å². The van der Waals surface area contributed by atoms with E-state index in [0.29, 0.717) is 5.56 Å². The van der Waals surface area contributed by atoms with Gasteiger partial charge in [0.15, 0.2) is 0 Å². The minimum atomic E-state index is -0.294. The number of imide groups is 1. The van der Waals surface area contributed by atoms with Crippen LogP contribution in [0.4, 0.5) is 0 Å². The monoisotopic (exact) mass is 211 g/mol. The summed E-state index contributed by atoms with van der Waals surface area (Å²) in [5, 5.41) is 4.40. The molecule has 3 nitrogen and oxygen atoms in total. The molecule has 0 saturated heterocycles. The van der Waals surface area contributed by atoms with Gasteiger partial charge in [-0.1, -0.05) is 24.3 Å². The van der Waals surface area contributed by atoms with E-state index in [2.05, 4.69) is 5.32 Å². The first-order chi connectivity index (χ1) is 7.74. The van der Waals surface area contributed by atoms with Crippen LogP contribution in [0.25, 0.3) is 10.8 Å². The largest absolute Gasteiger partial charge is 0.292 e. The van der Waals surface area contributed by atoms with Gasteiger partial charge in [-0.05, 0) is 28.5 Å². The molecule has 0 atom stereocenters. The summed E-state index contributed by atoms with van der Waals surface area (Å²) in [5.74, 6) is -0.523. The quantitative estimate of drug-likeness (QED) is 0.673. The Bertz CT molecular complexity index is 616. The van der Waals surface area contributed by atoms with Gasteiger partial charge >= 0.3 is 0 Å². The van der Waals surface area contributed by atoms with Crippen molar-refractivity contribution in [2.45, 2.75) is 6.42 Å². The topological polar surface area (TPSA) is 46.2 Å². The van der Waals surface area contributed by atoms with Gasteiger partial charge in [-0.3, -0.25) is 14.9 Å². The van der Waals surface area contributed by atoms with E-state index in [-0.39, 0.29) is 18.2 Å². The van der Waals surface area contributed by atoms with Gasteiger partial charge in [0.1, 0.15) is 0 Å². The molecule has 16 heavy (non-hydrogen) atoms. The van der Waals surface area contributed by atoms with Gasteiger partial charge in [-0.15, -0.1) is 0 Å². The summed E-state index contributed by atoms with van der Waals surface area (Å²) in [7, 11) is 0. The van der Waals surface area contributed by atoms with Crippen molar-refractivity contribution in [2.24, 2.45) is 0 Å². The highest BCUT2D eigenvalue weighted by Gasteiger charge is 2.22. The molecule has 78 valence electrons. The molecule has 1 heterocycles. The molecule has 0 radical (unpaired) electrons. The van der Waals surface area contributed by atoms with Crippen LogP contribution in [-0.4, -0.2) is 11.8 Å². The molecule has 0 aromatic heterocycles. The van der Waals surface area contributed by atoms with Crippen LogP contribution >= 0.6 is 0 Å². The molecule has 2 amide bonds. The lowest BCUT2D eigenvalue weighted by Gasteiger charge is -2.15. The smallest absolute Gasteiger partial charge is 0.258 e. The highest BCUT2D eigenvalue weighted by atomic mass is 16.2. The predicted octanol–water partition coefficient (Wildman–Crippen LogP) is 1.65. The number of rotatable bonds is 0. The zero-order valence-corrected chi connectivity index (χ0v) is 8.49. The van der Waals surface area contributed by atoms with E-state index in [9.17, 15) is 9.59 Å². The molecule has 2 aromatic rings. The molecular formula is C13H9NO2. The summed E-state index contributed by atoms with van der Waals surface area (Å²) in [6.07, 6.45) is 0.284. The van der Waals surface area contributed by atoms with Gasteiger partial charge in [0.05, 0.1) is 6.42 Å². The number of carbonyl (C=O) groups excluding carboxylic acids is 2. The Labute approximate surface area is 92.1 Å². The zero-order chi connectivity index (χ0) is 11.1. The van der Waals surface area contributed by atoms with Crippen molar-refractivity contribution in [3.8, 4) is 0 Å². The Balaban J connectivity index is 2.30. The summed E-state index contributed by atoms with van der Waals surface area (Å²) in [4.78, 5) is 22.8. The Morgan fingerprint density at radius 2 is 1.69 bits per heavy atom. The molecule has 3 rings (SSSR count). The second-order valence-corrected chi connectivity index (χ2v) is 3.91. The van der Waals surface area contributed by atoms with Gasteiger partial charge < -0.3 is 0 Å². The Morgan fingerprint density at radius 3 is 2.44 bits per heavy atom. The second kappa shape index (κ2) is 3.17. The first kappa shape index (κ1) is 9.09. The van der Waals surface area contributed by atoms with Crippen molar-refractivity contribution in [2.75, 3.05) is 0 Å². The van der Waals surface area contributed by atoms with E-state index >= 15 is 0 Å². The van der Waals surface area contributed by atoms with E-state index in [1.54, 1.807) is 0 Å². The fourth-order valence-corrected chi connectivity index (χ4v) is 2.06. The average Bonchev–Trinajstić information content (AvgIpc) is 2.27. The van der Waals surface area contributed by atoms with E-state index in [1.165, 1.54) is 0 Å². The van der Waals surface area contributed by atoms with Crippen molar-refractivity contribution in [1.82, 2.24) is 5.32 Å². The van der Waals surface area contributed by atoms with Crippen LogP contribution in [-0.2, 0) is 11.2 Å². The maximum Gasteiger partial charge on any atom is 0.258 e. The van der Waals surface area contributed by atoms with Crippen molar-refractivity contribution < 1.29 is 9.59 Å². The van der Waals surface area contributed by atoms with Crippen molar-refractivity contribution in [3.05, 3.63) is 47.5 Å². The third-order valence-corrected chi connectivity index (χ3v) is 2.82. The van der Waals surface area contributed by atoms with Crippen LogP contribution < -0.4 is 5.32 Å². The lowest BCUT2D eigenvalue weighted by molar-refractivity contribution is -0.119. The Morgan fingerprint density at radius 1 is 1.00 bits per heavy atom. The molecule has 0 unspecified atom stereocenters. The number of amides is 2. The van der Waals surface area contributed by atoms with Gasteiger partial charge in [0.25, 0.3) is 5.91 Å². The van der Waals surface area contributed by atoms with Crippen LogP contribution in [0.1, 0.15) is 15.9 Å². The molecule has 1 aliphatic rings. The molecule has 1 aliphatic heterocycles. The summed E-state index contributed by atoms with van der Waals surface area (Å²) in [5.41, 5.74) is 1.42. The first-order valence-corrected chi connectivity index (χ1v) is 5.10. The Kier molecular flexibility index (Phi) is 1.80. The number of nitrogens with one attached hydrogen (secondary N) is 1. The summed E-state index contributed by atoms with van der Waals surface area (Å²) in [6.45, 7) is 0. The standard InChI is InChI=1S/C13H9NO2/c15-12-7-10-5-8-3-1-2-4-9(8)6-11(10)13(16)14-12/h1-6H,7H2,(H,14,15,16). The van der Waals surface area contributed by atoms with Gasteiger partial charge in [0, 0.05) is 5.56 Å². The van der Waals surface area contributed by atoms with Crippen LogP contribution in [0.2, 0.25) is 0 Å². The highest BCUT2D eigenvalue weighted by Crippen LogP contribution is 2.22. The molecule has 0 fully saturated rings. The van der Waals surface area contributed by atoms with Crippen LogP contribution in [0.15, 0.2) is 36.4 Å². The maximum absolute atomic E-state index is 11.6. The number of carbonyl (C=O) groups is 2. The summed E-state index contributed by atoms with van der Waals surface area (Å²) >= 11 is 0. The van der Waals surface area contributed by atoms with Crippen molar-refractivity contribution in [1.29, 1.82) is 0 Å². The molecule has 3 heteroatoms. The summed E-state index contributed by atoms with van der Waals surface area (Å²) < 4.78 is 0. The molecule has 0 aliphatic carbocycles. The van der Waals surface area contributed by atoms with E-state index in [0.717, 1.165) is 16.3 Å². The number of hydrogen-bond donors (Lipinski definition) is 1. The minimum Gasteiger partial charge on any atom is -0.292 e. The van der Waals surface area contributed by atoms with Gasteiger partial charge in [0.2, 0.25) is 5.91 Å². The minimum absolute atomic E-state index is 0.229. The van der Waals surface area contributed by atoms with Crippen molar-refractivity contribution in [3.63, 3.8) is 0 Å². The van der Waals surface area contributed by atoms with E-state index < -0.39 is 0 Å². The lowest BCUT2D eigenvalue weighted by Crippen LogP contribution is -2.37. The number of benzene rings is 2. The first-order valence-electron chi connectivity index (χ1n) is 5.10. The molecule has 0 bridgehead atoms. The zero-order valence-electron chi connectivity index (χ0n) is 8.49. The van der Waals surface area contributed by atoms with Crippen molar-refractivity contribution >= 4 is 22.6 Å². The maximum atomic E-state index is 11.6. The highest BCUT2D eigenvalue weighted by molar-refractivity contribution is 6.11.